The van der Waals surface area contributed by atoms with Crippen molar-refractivity contribution in [1.82, 2.24) is 10.6 Å². The summed E-state index contributed by atoms with van der Waals surface area (Å²) in [5.74, 6) is 0.567. The molecule has 2 rings (SSSR count). The van der Waals surface area contributed by atoms with E-state index in [4.69, 9.17) is 4.74 Å². The van der Waals surface area contributed by atoms with E-state index in [-0.39, 0.29) is 5.97 Å². The molecule has 0 aromatic heterocycles. The van der Waals surface area contributed by atoms with E-state index < -0.39 is 0 Å². The normalized spacial score (nSPS) is 32.4. The van der Waals surface area contributed by atoms with Crippen molar-refractivity contribution < 1.29 is 9.53 Å². The zero-order chi connectivity index (χ0) is 12.8. The number of hydrogen-bond donors (Lipinski definition) is 2. The van der Waals surface area contributed by atoms with E-state index in [9.17, 15) is 4.79 Å². The molecule has 104 valence electrons. The molecule has 0 bridgehead atoms. The lowest BCUT2D eigenvalue weighted by Crippen LogP contribution is -2.48. The predicted molar refractivity (Wildman–Crippen MR) is 71.4 cm³/mol. The van der Waals surface area contributed by atoms with Crippen molar-refractivity contribution in [3.8, 4) is 0 Å². The van der Waals surface area contributed by atoms with E-state index in [2.05, 4.69) is 10.6 Å². The Balaban J connectivity index is 1.81. The molecule has 18 heavy (non-hydrogen) atoms. The van der Waals surface area contributed by atoms with Crippen LogP contribution in [0.1, 0.15) is 45.4 Å². The maximum atomic E-state index is 11.4. The van der Waals surface area contributed by atoms with Crippen molar-refractivity contribution in [1.29, 1.82) is 0 Å². The molecule has 4 heteroatoms. The van der Waals surface area contributed by atoms with Crippen molar-refractivity contribution in [3.05, 3.63) is 0 Å². The first kappa shape index (κ1) is 13.8. The Bertz CT molecular complexity index is 265. The molecule has 2 fully saturated rings. The van der Waals surface area contributed by atoms with Crippen LogP contribution in [0.2, 0.25) is 0 Å². The highest BCUT2D eigenvalue weighted by Gasteiger charge is 2.33. The van der Waals surface area contributed by atoms with Gasteiger partial charge in [0.15, 0.2) is 0 Å². The van der Waals surface area contributed by atoms with Gasteiger partial charge in [-0.05, 0) is 45.1 Å². The van der Waals surface area contributed by atoms with Gasteiger partial charge in [0, 0.05) is 12.1 Å². The summed E-state index contributed by atoms with van der Waals surface area (Å²) in [6.45, 7) is 3.84. The molecule has 1 saturated heterocycles. The maximum Gasteiger partial charge on any atom is 0.319 e. The number of hydrogen-bond acceptors (Lipinski definition) is 4. The molecule has 3 unspecified atom stereocenters. The highest BCUT2D eigenvalue weighted by atomic mass is 16.5. The summed E-state index contributed by atoms with van der Waals surface area (Å²) in [5, 5.41) is 7.03. The molecule has 4 nitrogen and oxygen atoms in total. The fourth-order valence-electron chi connectivity index (χ4n) is 3.40. The zero-order valence-electron chi connectivity index (χ0n) is 11.4. The number of carbonyl (C=O) groups is 1. The van der Waals surface area contributed by atoms with Gasteiger partial charge in [-0.2, -0.15) is 0 Å². The van der Waals surface area contributed by atoms with Crippen molar-refractivity contribution in [2.24, 2.45) is 5.92 Å². The van der Waals surface area contributed by atoms with E-state index in [1.165, 1.54) is 38.5 Å². The van der Waals surface area contributed by atoms with Gasteiger partial charge in [0.1, 0.15) is 0 Å². The van der Waals surface area contributed by atoms with E-state index >= 15 is 0 Å². The van der Waals surface area contributed by atoms with Gasteiger partial charge in [0.05, 0.1) is 13.2 Å². The molecular weight excluding hydrogens is 228 g/mol. The average Bonchev–Trinajstić information content (AvgIpc) is 2.91. The Morgan fingerprint density at radius 2 is 2.11 bits per heavy atom. The maximum absolute atomic E-state index is 11.4. The second kappa shape index (κ2) is 7.10. The van der Waals surface area contributed by atoms with E-state index in [0.717, 1.165) is 6.54 Å². The van der Waals surface area contributed by atoms with Crippen LogP contribution in [0.25, 0.3) is 0 Å². The smallest absolute Gasteiger partial charge is 0.319 e. The summed E-state index contributed by atoms with van der Waals surface area (Å²) in [7, 11) is 0. The summed E-state index contributed by atoms with van der Waals surface area (Å²) in [5.41, 5.74) is 0. The predicted octanol–water partition coefficient (Wildman–Crippen LogP) is 1.45. The van der Waals surface area contributed by atoms with Crippen molar-refractivity contribution in [3.63, 3.8) is 0 Å². The molecule has 2 aliphatic rings. The summed E-state index contributed by atoms with van der Waals surface area (Å²) >= 11 is 0. The van der Waals surface area contributed by atoms with E-state index in [1.54, 1.807) is 0 Å². The number of ether oxygens (including phenoxy) is 1. The third-order valence-corrected chi connectivity index (χ3v) is 4.25. The third kappa shape index (κ3) is 3.69. The topological polar surface area (TPSA) is 50.4 Å². The second-order valence-corrected chi connectivity index (χ2v) is 5.44. The van der Waals surface area contributed by atoms with Gasteiger partial charge in [-0.15, -0.1) is 0 Å². The van der Waals surface area contributed by atoms with Crippen LogP contribution in [0.15, 0.2) is 0 Å². The minimum Gasteiger partial charge on any atom is -0.465 e. The molecule has 0 aromatic rings. The van der Waals surface area contributed by atoms with Crippen molar-refractivity contribution in [2.75, 3.05) is 19.7 Å². The first-order chi connectivity index (χ1) is 8.81. The number of nitrogens with one attached hydrogen (secondary N) is 2. The van der Waals surface area contributed by atoms with Crippen LogP contribution in [-0.4, -0.2) is 37.7 Å². The minimum atomic E-state index is -0.124. The third-order valence-electron chi connectivity index (χ3n) is 4.25. The summed E-state index contributed by atoms with van der Waals surface area (Å²) < 4.78 is 4.98. The van der Waals surface area contributed by atoms with Gasteiger partial charge in [-0.25, -0.2) is 0 Å². The molecular formula is C14H26N2O2. The lowest BCUT2D eigenvalue weighted by atomic mass is 9.79. The Morgan fingerprint density at radius 3 is 2.83 bits per heavy atom. The fourth-order valence-corrected chi connectivity index (χ4v) is 3.40. The summed E-state index contributed by atoms with van der Waals surface area (Å²) in [6.07, 6.45) is 7.69. The van der Waals surface area contributed by atoms with Crippen LogP contribution >= 0.6 is 0 Å². The van der Waals surface area contributed by atoms with Gasteiger partial charge in [-0.1, -0.05) is 12.8 Å². The van der Waals surface area contributed by atoms with E-state index in [1.807, 2.05) is 6.92 Å². The summed E-state index contributed by atoms with van der Waals surface area (Å²) in [4.78, 5) is 11.4. The Kier molecular flexibility index (Phi) is 5.45. The van der Waals surface area contributed by atoms with E-state index in [0.29, 0.717) is 31.2 Å². The minimum absolute atomic E-state index is 0.124. The standard InChI is InChI=1S/C14H26N2O2/c1-2-18-14(17)10-16-13-7-4-3-6-11(13)12-8-5-9-15-12/h11-13,15-16H,2-10H2,1H3. The molecule has 1 heterocycles. The van der Waals surface area contributed by atoms with Gasteiger partial charge in [-0.3, -0.25) is 4.79 Å². The molecule has 1 aliphatic heterocycles. The number of carbonyl (C=O) groups excluding carboxylic acids is 1. The molecule has 0 amide bonds. The Hall–Kier alpha value is -0.610. The monoisotopic (exact) mass is 254 g/mol. The first-order valence-corrected chi connectivity index (χ1v) is 7.43. The molecule has 2 N–H and O–H groups in total. The highest BCUT2D eigenvalue weighted by molar-refractivity contribution is 5.71. The lowest BCUT2D eigenvalue weighted by molar-refractivity contribution is -0.142. The van der Waals surface area contributed by atoms with Crippen LogP contribution in [0.4, 0.5) is 0 Å². The van der Waals surface area contributed by atoms with Gasteiger partial charge < -0.3 is 15.4 Å². The molecule has 0 aromatic carbocycles. The highest BCUT2D eigenvalue weighted by Crippen LogP contribution is 2.30. The number of rotatable bonds is 5. The van der Waals surface area contributed by atoms with Crippen LogP contribution in [0.3, 0.4) is 0 Å². The van der Waals surface area contributed by atoms with Crippen LogP contribution in [0.5, 0.6) is 0 Å². The lowest BCUT2D eigenvalue weighted by Gasteiger charge is -2.36. The molecule has 3 atom stereocenters. The molecule has 1 aliphatic carbocycles. The van der Waals surface area contributed by atoms with Crippen LogP contribution in [-0.2, 0) is 9.53 Å². The SMILES string of the molecule is CCOC(=O)CNC1CCCCC1C1CCCN1. The summed E-state index contributed by atoms with van der Waals surface area (Å²) in [6, 6.07) is 1.14. The molecule has 0 spiro atoms. The van der Waals surface area contributed by atoms with Gasteiger partial charge >= 0.3 is 5.97 Å². The van der Waals surface area contributed by atoms with Gasteiger partial charge in [0.25, 0.3) is 0 Å². The van der Waals surface area contributed by atoms with Gasteiger partial charge in [0.2, 0.25) is 0 Å². The quantitative estimate of drug-likeness (QED) is 0.729. The second-order valence-electron chi connectivity index (χ2n) is 5.44. The zero-order valence-corrected chi connectivity index (χ0v) is 11.4. The molecule has 1 saturated carbocycles. The van der Waals surface area contributed by atoms with Crippen molar-refractivity contribution >= 4 is 5.97 Å². The first-order valence-electron chi connectivity index (χ1n) is 7.43. The van der Waals surface area contributed by atoms with Crippen molar-refractivity contribution in [2.45, 2.75) is 57.5 Å². The number of esters is 1. The Labute approximate surface area is 110 Å². The van der Waals surface area contributed by atoms with Crippen LogP contribution < -0.4 is 10.6 Å². The Morgan fingerprint density at radius 1 is 1.28 bits per heavy atom. The largest absolute Gasteiger partial charge is 0.465 e. The molecule has 0 radical (unpaired) electrons. The fraction of sp³-hybridized carbons (Fsp3) is 0.929. The van der Waals surface area contributed by atoms with Crippen LogP contribution in [0, 0.1) is 5.92 Å². The average molecular weight is 254 g/mol.